The first-order valence-corrected chi connectivity index (χ1v) is 6.22. The van der Waals surface area contributed by atoms with Gasteiger partial charge in [0, 0.05) is 14.1 Å². The smallest absolute Gasteiger partial charge is 0.285 e. The van der Waals surface area contributed by atoms with Gasteiger partial charge in [-0.25, -0.2) is 0 Å². The largest absolute Gasteiger partial charge is 0.392 e. The predicted octanol–water partition coefficient (Wildman–Crippen LogP) is 0.361. The SMILES string of the molecule is CCCCC(O)CS(=O)(=O)ON(C)C. The van der Waals surface area contributed by atoms with E-state index in [-0.39, 0.29) is 5.75 Å². The van der Waals surface area contributed by atoms with Gasteiger partial charge in [0.1, 0.15) is 5.75 Å². The maximum Gasteiger partial charge on any atom is 0.285 e. The second-order valence-electron chi connectivity index (χ2n) is 3.41. The molecule has 0 spiro atoms. The van der Waals surface area contributed by atoms with E-state index in [0.717, 1.165) is 17.9 Å². The van der Waals surface area contributed by atoms with Crippen molar-refractivity contribution in [2.75, 3.05) is 19.8 Å². The van der Waals surface area contributed by atoms with Crippen LogP contribution in [-0.2, 0) is 14.4 Å². The van der Waals surface area contributed by atoms with Crippen LogP contribution in [0.4, 0.5) is 0 Å². The Kier molecular flexibility index (Phi) is 6.26. The Bertz CT molecular complexity index is 238. The van der Waals surface area contributed by atoms with Gasteiger partial charge in [0.15, 0.2) is 0 Å². The number of aliphatic hydroxyl groups is 1. The zero-order valence-corrected chi connectivity index (χ0v) is 9.75. The van der Waals surface area contributed by atoms with Crippen molar-refractivity contribution in [1.82, 2.24) is 5.06 Å². The summed E-state index contributed by atoms with van der Waals surface area (Å²) in [5.74, 6) is -0.342. The quantitative estimate of drug-likeness (QED) is 0.634. The lowest BCUT2D eigenvalue weighted by atomic mass is 10.2. The Morgan fingerprint density at radius 2 is 2.00 bits per heavy atom. The molecule has 0 aromatic heterocycles. The van der Waals surface area contributed by atoms with Crippen LogP contribution in [0.3, 0.4) is 0 Å². The average molecular weight is 225 g/mol. The van der Waals surface area contributed by atoms with Gasteiger partial charge in [0.2, 0.25) is 0 Å². The highest BCUT2D eigenvalue weighted by Crippen LogP contribution is 2.05. The molecule has 0 radical (unpaired) electrons. The summed E-state index contributed by atoms with van der Waals surface area (Å²) >= 11 is 0. The van der Waals surface area contributed by atoms with Crippen molar-refractivity contribution in [3.8, 4) is 0 Å². The highest BCUT2D eigenvalue weighted by atomic mass is 32.2. The molecule has 0 rings (SSSR count). The molecule has 0 amide bonds. The molecule has 6 heteroatoms. The summed E-state index contributed by atoms with van der Waals surface area (Å²) in [5.41, 5.74) is 0. The van der Waals surface area contributed by atoms with Crippen molar-refractivity contribution in [3.63, 3.8) is 0 Å². The van der Waals surface area contributed by atoms with E-state index < -0.39 is 16.2 Å². The standard InChI is InChI=1S/C8H19NO4S/c1-4-5-6-8(10)7-14(11,12)13-9(2)3/h8,10H,4-7H2,1-3H3. The Balaban J connectivity index is 3.96. The van der Waals surface area contributed by atoms with Gasteiger partial charge in [-0.3, -0.25) is 0 Å². The Morgan fingerprint density at radius 3 is 2.43 bits per heavy atom. The monoisotopic (exact) mass is 225 g/mol. The van der Waals surface area contributed by atoms with Gasteiger partial charge in [0.25, 0.3) is 10.1 Å². The summed E-state index contributed by atoms with van der Waals surface area (Å²) in [6.45, 7) is 1.98. The van der Waals surface area contributed by atoms with E-state index in [2.05, 4.69) is 4.28 Å². The lowest BCUT2D eigenvalue weighted by Gasteiger charge is -2.13. The molecule has 1 N–H and O–H groups in total. The molecule has 14 heavy (non-hydrogen) atoms. The maximum atomic E-state index is 11.2. The van der Waals surface area contributed by atoms with Crippen LogP contribution in [0.25, 0.3) is 0 Å². The highest BCUT2D eigenvalue weighted by molar-refractivity contribution is 7.86. The number of unbranched alkanes of at least 4 members (excludes halogenated alkanes) is 1. The third kappa shape index (κ3) is 7.25. The van der Waals surface area contributed by atoms with Crippen molar-refractivity contribution in [1.29, 1.82) is 0 Å². The van der Waals surface area contributed by atoms with Gasteiger partial charge in [0.05, 0.1) is 6.10 Å². The van der Waals surface area contributed by atoms with Crippen molar-refractivity contribution in [3.05, 3.63) is 0 Å². The van der Waals surface area contributed by atoms with Crippen LogP contribution < -0.4 is 0 Å². The van der Waals surface area contributed by atoms with Crippen LogP contribution in [0.1, 0.15) is 26.2 Å². The van der Waals surface area contributed by atoms with Gasteiger partial charge < -0.3 is 5.11 Å². The Hall–Kier alpha value is -0.170. The number of aliphatic hydroxyl groups excluding tert-OH is 1. The number of rotatable bonds is 7. The van der Waals surface area contributed by atoms with Crippen LogP contribution in [0.2, 0.25) is 0 Å². The summed E-state index contributed by atoms with van der Waals surface area (Å²) in [4.78, 5) is 0. The fourth-order valence-electron chi connectivity index (χ4n) is 1.02. The molecule has 0 heterocycles. The minimum Gasteiger partial charge on any atom is -0.392 e. The topological polar surface area (TPSA) is 66.8 Å². The number of hydrogen-bond acceptors (Lipinski definition) is 5. The fourth-order valence-corrected chi connectivity index (χ4v) is 2.17. The first-order valence-electron chi connectivity index (χ1n) is 4.65. The Labute approximate surface area is 85.7 Å². The molecular formula is C8H19NO4S. The summed E-state index contributed by atoms with van der Waals surface area (Å²) in [6.07, 6.45) is 1.41. The van der Waals surface area contributed by atoms with E-state index in [0.29, 0.717) is 6.42 Å². The molecule has 5 nitrogen and oxygen atoms in total. The van der Waals surface area contributed by atoms with Gasteiger partial charge in [-0.2, -0.15) is 17.8 Å². The van der Waals surface area contributed by atoms with Crippen LogP contribution in [0.15, 0.2) is 0 Å². The molecule has 0 bridgehead atoms. The molecule has 0 aliphatic rings. The lowest BCUT2D eigenvalue weighted by Crippen LogP contribution is -2.27. The van der Waals surface area contributed by atoms with Crippen molar-refractivity contribution in [2.24, 2.45) is 0 Å². The van der Waals surface area contributed by atoms with E-state index in [1.807, 2.05) is 6.92 Å². The molecule has 0 saturated carbocycles. The van der Waals surface area contributed by atoms with Gasteiger partial charge in [-0.05, 0) is 6.42 Å². The molecule has 86 valence electrons. The molecule has 1 unspecified atom stereocenters. The molecule has 0 aromatic carbocycles. The molecular weight excluding hydrogens is 206 g/mol. The van der Waals surface area contributed by atoms with Crippen molar-refractivity contribution in [2.45, 2.75) is 32.3 Å². The number of hydroxylamine groups is 2. The van der Waals surface area contributed by atoms with Crippen molar-refractivity contribution < 1.29 is 17.8 Å². The molecule has 0 aliphatic carbocycles. The average Bonchev–Trinajstić information content (AvgIpc) is 1.96. The maximum absolute atomic E-state index is 11.2. The summed E-state index contributed by atoms with van der Waals surface area (Å²) < 4.78 is 26.9. The second kappa shape index (κ2) is 6.34. The minimum atomic E-state index is -3.63. The predicted molar refractivity (Wildman–Crippen MR) is 54.1 cm³/mol. The first kappa shape index (κ1) is 13.8. The molecule has 1 atom stereocenters. The summed E-state index contributed by atoms with van der Waals surface area (Å²) in [6, 6.07) is 0. The molecule has 0 aliphatic heterocycles. The van der Waals surface area contributed by atoms with E-state index in [1.165, 1.54) is 14.1 Å². The first-order chi connectivity index (χ1) is 6.37. The minimum absolute atomic E-state index is 0.342. The van der Waals surface area contributed by atoms with Crippen LogP contribution >= 0.6 is 0 Å². The zero-order valence-electron chi connectivity index (χ0n) is 8.93. The van der Waals surface area contributed by atoms with Gasteiger partial charge in [-0.1, -0.05) is 19.8 Å². The van der Waals surface area contributed by atoms with Crippen LogP contribution in [-0.4, -0.2) is 44.5 Å². The third-order valence-corrected chi connectivity index (χ3v) is 2.87. The zero-order chi connectivity index (χ0) is 11.2. The van der Waals surface area contributed by atoms with E-state index >= 15 is 0 Å². The second-order valence-corrected chi connectivity index (χ2v) is 5.01. The Morgan fingerprint density at radius 1 is 1.43 bits per heavy atom. The fraction of sp³-hybridized carbons (Fsp3) is 1.00. The van der Waals surface area contributed by atoms with E-state index in [4.69, 9.17) is 0 Å². The highest BCUT2D eigenvalue weighted by Gasteiger charge is 2.18. The normalized spacial score (nSPS) is 14.6. The molecule has 0 aromatic rings. The number of nitrogens with zero attached hydrogens (tertiary/aromatic N) is 1. The van der Waals surface area contributed by atoms with Crippen LogP contribution in [0, 0.1) is 0 Å². The summed E-state index contributed by atoms with van der Waals surface area (Å²) in [7, 11) is -0.670. The third-order valence-electron chi connectivity index (χ3n) is 1.55. The lowest BCUT2D eigenvalue weighted by molar-refractivity contribution is 0.00340. The molecule has 0 saturated heterocycles. The number of hydrogen-bond donors (Lipinski definition) is 1. The summed E-state index contributed by atoms with van der Waals surface area (Å²) in [5, 5.41) is 10.5. The van der Waals surface area contributed by atoms with Crippen molar-refractivity contribution >= 4 is 10.1 Å². The van der Waals surface area contributed by atoms with Gasteiger partial charge in [-0.15, -0.1) is 0 Å². The van der Waals surface area contributed by atoms with Crippen LogP contribution in [0.5, 0.6) is 0 Å². The van der Waals surface area contributed by atoms with E-state index in [1.54, 1.807) is 0 Å². The van der Waals surface area contributed by atoms with E-state index in [9.17, 15) is 13.5 Å². The van der Waals surface area contributed by atoms with Gasteiger partial charge >= 0.3 is 0 Å². The molecule has 0 fully saturated rings.